The highest BCUT2D eigenvalue weighted by Crippen LogP contribution is 2.41. The van der Waals surface area contributed by atoms with Gasteiger partial charge in [-0.15, -0.1) is 0 Å². The highest BCUT2D eigenvalue weighted by Gasteiger charge is 2.31. The number of ether oxygens (including phenoxy) is 2. The summed E-state index contributed by atoms with van der Waals surface area (Å²) in [4.78, 5) is 11.1. The third-order valence-corrected chi connectivity index (χ3v) is 4.57. The van der Waals surface area contributed by atoms with Crippen LogP contribution >= 0.6 is 11.6 Å². The molecule has 2 aliphatic rings. The Morgan fingerprint density at radius 2 is 2.23 bits per heavy atom. The molecule has 0 amide bonds. The zero-order valence-corrected chi connectivity index (χ0v) is 13.2. The van der Waals surface area contributed by atoms with E-state index in [1.807, 2.05) is 12.1 Å². The van der Waals surface area contributed by atoms with Crippen LogP contribution < -0.4 is 14.8 Å². The lowest BCUT2D eigenvalue weighted by Gasteiger charge is -2.17. The van der Waals surface area contributed by atoms with Gasteiger partial charge in [-0.2, -0.15) is 0 Å². The minimum atomic E-state index is -0.764. The van der Waals surface area contributed by atoms with Gasteiger partial charge < -0.3 is 19.9 Å². The van der Waals surface area contributed by atoms with E-state index in [0.717, 1.165) is 5.56 Å². The van der Waals surface area contributed by atoms with Gasteiger partial charge >= 0.3 is 5.97 Å². The van der Waals surface area contributed by atoms with Gasteiger partial charge in [0, 0.05) is 12.6 Å². The number of nitrogens with one attached hydrogen (secondary N) is 1. The molecule has 1 aliphatic heterocycles. The Bertz CT molecular complexity index is 574. The molecule has 6 heteroatoms. The van der Waals surface area contributed by atoms with Gasteiger partial charge in [-0.3, -0.25) is 4.79 Å². The molecule has 2 fully saturated rings. The van der Waals surface area contributed by atoms with Gasteiger partial charge in [0.25, 0.3) is 0 Å². The number of hydrogen-bond donors (Lipinski definition) is 2. The number of benzene rings is 1. The summed E-state index contributed by atoms with van der Waals surface area (Å²) in [6.07, 6.45) is 2.97. The molecular weight excluding hydrogens is 306 g/mol. The van der Waals surface area contributed by atoms with Crippen molar-refractivity contribution in [2.24, 2.45) is 11.8 Å². The van der Waals surface area contributed by atoms with Crippen LogP contribution in [0.15, 0.2) is 12.1 Å². The highest BCUT2D eigenvalue weighted by atomic mass is 35.5. The Balaban J connectivity index is 1.80. The van der Waals surface area contributed by atoms with E-state index < -0.39 is 5.97 Å². The van der Waals surface area contributed by atoms with Crippen LogP contribution in [0.4, 0.5) is 0 Å². The first-order valence-electron chi connectivity index (χ1n) is 7.55. The summed E-state index contributed by atoms with van der Waals surface area (Å²) in [5.41, 5.74) is 0.945. The van der Waals surface area contributed by atoms with Crippen molar-refractivity contribution in [2.75, 3.05) is 20.3 Å². The lowest BCUT2D eigenvalue weighted by Crippen LogP contribution is -2.17. The largest absolute Gasteiger partial charge is 0.491 e. The second kappa shape index (κ2) is 6.34. The summed E-state index contributed by atoms with van der Waals surface area (Å²) in [6, 6.07) is 3.72. The van der Waals surface area contributed by atoms with Crippen molar-refractivity contribution in [1.82, 2.24) is 5.32 Å². The summed E-state index contributed by atoms with van der Waals surface area (Å²) >= 11 is 6.29. The normalized spacial score (nSPS) is 24.3. The molecule has 0 radical (unpaired) electrons. The zero-order chi connectivity index (χ0) is 15.7. The van der Waals surface area contributed by atoms with E-state index in [-0.39, 0.29) is 12.0 Å². The van der Waals surface area contributed by atoms with Crippen LogP contribution in [-0.4, -0.2) is 31.3 Å². The molecule has 2 N–H and O–H groups in total. The number of carboxylic acids is 1. The number of hydrogen-bond acceptors (Lipinski definition) is 4. The molecule has 1 saturated carbocycles. The van der Waals surface area contributed by atoms with Crippen molar-refractivity contribution in [3.63, 3.8) is 0 Å². The Morgan fingerprint density at radius 3 is 2.82 bits per heavy atom. The molecule has 0 spiro atoms. The summed E-state index contributed by atoms with van der Waals surface area (Å²) in [5.74, 6) is 0.686. The topological polar surface area (TPSA) is 67.8 Å². The second-order valence-electron chi connectivity index (χ2n) is 6.02. The van der Waals surface area contributed by atoms with Crippen molar-refractivity contribution in [2.45, 2.75) is 25.3 Å². The van der Waals surface area contributed by atoms with E-state index in [2.05, 4.69) is 5.32 Å². The van der Waals surface area contributed by atoms with E-state index in [4.69, 9.17) is 26.2 Å². The monoisotopic (exact) mass is 325 g/mol. The Hall–Kier alpha value is -1.46. The van der Waals surface area contributed by atoms with E-state index in [9.17, 15) is 4.79 Å². The molecule has 1 aromatic rings. The molecule has 0 bridgehead atoms. The molecule has 22 heavy (non-hydrogen) atoms. The van der Waals surface area contributed by atoms with Crippen molar-refractivity contribution in [3.05, 3.63) is 22.7 Å². The van der Waals surface area contributed by atoms with E-state index in [0.29, 0.717) is 42.0 Å². The van der Waals surface area contributed by atoms with Crippen molar-refractivity contribution < 1.29 is 19.4 Å². The highest BCUT2D eigenvalue weighted by molar-refractivity contribution is 6.32. The molecule has 5 nitrogen and oxygen atoms in total. The predicted molar refractivity (Wildman–Crippen MR) is 82.7 cm³/mol. The maximum atomic E-state index is 11.1. The van der Waals surface area contributed by atoms with E-state index >= 15 is 0 Å². The van der Waals surface area contributed by atoms with Crippen molar-refractivity contribution in [3.8, 4) is 11.5 Å². The van der Waals surface area contributed by atoms with Gasteiger partial charge in [0.1, 0.15) is 0 Å². The zero-order valence-electron chi connectivity index (χ0n) is 12.5. The molecule has 120 valence electrons. The molecule has 0 aromatic heterocycles. The van der Waals surface area contributed by atoms with Gasteiger partial charge in [0.15, 0.2) is 11.5 Å². The average molecular weight is 326 g/mol. The lowest BCUT2D eigenvalue weighted by molar-refractivity contribution is -0.141. The van der Waals surface area contributed by atoms with Gasteiger partial charge in [0.05, 0.1) is 24.7 Å². The van der Waals surface area contributed by atoms with Gasteiger partial charge in [0.2, 0.25) is 0 Å². The van der Waals surface area contributed by atoms with Crippen LogP contribution in [0.3, 0.4) is 0 Å². The summed E-state index contributed by atoms with van der Waals surface area (Å²) in [5, 5.41) is 12.8. The summed E-state index contributed by atoms with van der Waals surface area (Å²) in [6.45, 7) is 1.15. The number of methoxy groups -OCH3 is 1. The van der Waals surface area contributed by atoms with Crippen LogP contribution in [0.25, 0.3) is 0 Å². The van der Waals surface area contributed by atoms with Crippen LogP contribution in [0.1, 0.15) is 30.9 Å². The standard InChI is InChI=1S/C16H20ClNO4/c1-21-15-12(17)4-10(6-14(15)22-8-9-2-3-9)13-5-11(7-18-13)16(19)20/h4,6,9,11,13,18H,2-3,5,7-8H2,1H3,(H,19,20). The third-order valence-electron chi connectivity index (χ3n) is 4.29. The first-order valence-corrected chi connectivity index (χ1v) is 7.92. The fourth-order valence-electron chi connectivity index (χ4n) is 2.76. The van der Waals surface area contributed by atoms with Gasteiger partial charge in [-0.1, -0.05) is 11.6 Å². The average Bonchev–Trinajstić information content (AvgIpc) is 3.18. The predicted octanol–water partition coefficient (Wildman–Crippen LogP) is 2.87. The lowest BCUT2D eigenvalue weighted by atomic mass is 10.00. The maximum Gasteiger partial charge on any atom is 0.307 e. The number of aliphatic carboxylic acids is 1. The second-order valence-corrected chi connectivity index (χ2v) is 6.43. The summed E-state index contributed by atoms with van der Waals surface area (Å²) < 4.78 is 11.2. The molecule has 2 unspecified atom stereocenters. The third kappa shape index (κ3) is 3.31. The Kier molecular flexibility index (Phi) is 4.45. The number of rotatable bonds is 6. The quantitative estimate of drug-likeness (QED) is 0.841. The Morgan fingerprint density at radius 1 is 1.45 bits per heavy atom. The minimum Gasteiger partial charge on any atom is -0.491 e. The summed E-state index contributed by atoms with van der Waals surface area (Å²) in [7, 11) is 1.57. The number of carbonyl (C=O) groups is 1. The van der Waals surface area contributed by atoms with Crippen molar-refractivity contribution >= 4 is 17.6 Å². The molecule has 1 aliphatic carbocycles. The Labute approximate surface area is 134 Å². The van der Waals surface area contributed by atoms with Crippen LogP contribution in [0, 0.1) is 11.8 Å². The van der Waals surface area contributed by atoms with Crippen molar-refractivity contribution in [1.29, 1.82) is 0 Å². The number of carboxylic acid groups (broad SMARTS) is 1. The maximum absolute atomic E-state index is 11.1. The molecule has 2 atom stereocenters. The minimum absolute atomic E-state index is 0.0206. The van der Waals surface area contributed by atoms with E-state index in [1.54, 1.807) is 7.11 Å². The number of halogens is 1. The molecular formula is C16H20ClNO4. The molecule has 3 rings (SSSR count). The molecule has 1 saturated heterocycles. The molecule has 1 heterocycles. The van der Waals surface area contributed by atoms with Crippen LogP contribution in [0.5, 0.6) is 11.5 Å². The smallest absolute Gasteiger partial charge is 0.307 e. The van der Waals surface area contributed by atoms with Crippen LogP contribution in [-0.2, 0) is 4.79 Å². The first-order chi connectivity index (χ1) is 10.6. The fourth-order valence-corrected chi connectivity index (χ4v) is 3.06. The SMILES string of the molecule is COc1c(Cl)cc(C2CC(C(=O)O)CN2)cc1OCC1CC1. The first kappa shape index (κ1) is 15.4. The van der Waals surface area contributed by atoms with Crippen LogP contribution in [0.2, 0.25) is 5.02 Å². The van der Waals surface area contributed by atoms with Gasteiger partial charge in [-0.25, -0.2) is 0 Å². The molecule has 1 aromatic carbocycles. The van der Waals surface area contributed by atoms with Gasteiger partial charge in [-0.05, 0) is 42.9 Å². The van der Waals surface area contributed by atoms with E-state index in [1.165, 1.54) is 12.8 Å². The fraction of sp³-hybridized carbons (Fsp3) is 0.562.